The van der Waals surface area contributed by atoms with Gasteiger partial charge in [0.15, 0.2) is 0 Å². The Balaban J connectivity index is -0.000000139. The van der Waals surface area contributed by atoms with Gasteiger partial charge in [-0.05, 0) is 6.42 Å². The van der Waals surface area contributed by atoms with Crippen LogP contribution in [-0.4, -0.2) is 28.6 Å². The molecule has 0 aliphatic rings. The van der Waals surface area contributed by atoms with Crippen LogP contribution in [0.1, 0.15) is 59.7 Å². The molecule has 0 aliphatic heterocycles. The van der Waals surface area contributed by atoms with Crippen LogP contribution >= 0.6 is 0 Å². The number of carboxylic acids is 1. The maximum absolute atomic E-state index is 10.1. The van der Waals surface area contributed by atoms with E-state index in [-0.39, 0.29) is 31.0 Å². The minimum Gasteiger partial charge on any atom is -1.00 e. The fraction of sp³-hybridized carbons (Fsp3) is 0.900. The SMILES string of the molecule is CCCCCCCCCC(=O)O.O=S(=O)(O)O.[H-].[Na+]. The summed E-state index contributed by atoms with van der Waals surface area (Å²) in [6.07, 6.45) is 8.64. The molecule has 0 aromatic carbocycles. The standard InChI is InChI=1S/C10H20O2.Na.H2O4S.H/c1-2-3-4-5-6-7-8-9-10(11)12;;1-5(2,3)4;/h2-9H2,1H3,(H,11,12);;(H2,1,2,3,4);/q;+1;;-1. The van der Waals surface area contributed by atoms with Crippen molar-refractivity contribution in [1.82, 2.24) is 0 Å². The number of aliphatic carboxylic acids is 1. The van der Waals surface area contributed by atoms with Crippen LogP contribution in [0.5, 0.6) is 0 Å². The molecule has 0 aromatic heterocycles. The Bertz CT molecular complexity index is 276. The molecule has 0 spiro atoms. The van der Waals surface area contributed by atoms with Gasteiger partial charge in [0.25, 0.3) is 0 Å². The maximum Gasteiger partial charge on any atom is 1.00 e. The molecular formula is C10H23NaO6S. The topological polar surface area (TPSA) is 112 Å². The van der Waals surface area contributed by atoms with Crippen LogP contribution in [0, 0.1) is 0 Å². The van der Waals surface area contributed by atoms with Crippen LogP contribution in [0.2, 0.25) is 0 Å². The summed E-state index contributed by atoms with van der Waals surface area (Å²) < 4.78 is 31.6. The van der Waals surface area contributed by atoms with Crippen LogP contribution < -0.4 is 29.6 Å². The molecule has 0 atom stereocenters. The van der Waals surface area contributed by atoms with Gasteiger partial charge in [-0.3, -0.25) is 13.9 Å². The van der Waals surface area contributed by atoms with E-state index in [1.165, 1.54) is 32.1 Å². The average molecular weight is 294 g/mol. The van der Waals surface area contributed by atoms with Gasteiger partial charge in [0.2, 0.25) is 0 Å². The molecule has 0 aliphatic carbocycles. The Hall–Kier alpha value is 0.340. The van der Waals surface area contributed by atoms with Crippen LogP contribution in [0.15, 0.2) is 0 Å². The summed E-state index contributed by atoms with van der Waals surface area (Å²) in [6, 6.07) is 0. The van der Waals surface area contributed by atoms with E-state index in [1.807, 2.05) is 0 Å². The summed E-state index contributed by atoms with van der Waals surface area (Å²) >= 11 is 0. The third kappa shape index (κ3) is 44.1. The van der Waals surface area contributed by atoms with Crippen molar-refractivity contribution < 1.29 is 58.4 Å². The van der Waals surface area contributed by atoms with E-state index in [0.717, 1.165) is 12.8 Å². The molecule has 0 aromatic rings. The van der Waals surface area contributed by atoms with Gasteiger partial charge >= 0.3 is 45.9 Å². The summed E-state index contributed by atoms with van der Waals surface area (Å²) in [5, 5.41) is 8.35. The first-order valence-electron chi connectivity index (χ1n) is 5.69. The van der Waals surface area contributed by atoms with E-state index < -0.39 is 16.4 Å². The molecule has 0 amide bonds. The van der Waals surface area contributed by atoms with Crippen molar-refractivity contribution in [2.24, 2.45) is 0 Å². The number of unbranched alkanes of at least 4 members (excludes halogenated alkanes) is 6. The smallest absolute Gasteiger partial charge is 1.00 e. The van der Waals surface area contributed by atoms with Crippen molar-refractivity contribution in [2.75, 3.05) is 0 Å². The van der Waals surface area contributed by atoms with Gasteiger partial charge < -0.3 is 6.53 Å². The van der Waals surface area contributed by atoms with E-state index in [4.69, 9.17) is 22.6 Å². The Kier molecular flexibility index (Phi) is 20.0. The molecular weight excluding hydrogens is 271 g/mol. The summed E-state index contributed by atoms with van der Waals surface area (Å²) in [5.41, 5.74) is 0. The third-order valence-electron chi connectivity index (χ3n) is 1.99. The van der Waals surface area contributed by atoms with Crippen molar-refractivity contribution in [1.29, 1.82) is 0 Å². The van der Waals surface area contributed by atoms with Crippen LogP contribution in [0.3, 0.4) is 0 Å². The maximum atomic E-state index is 10.1. The van der Waals surface area contributed by atoms with Gasteiger partial charge in [-0.15, -0.1) is 0 Å². The van der Waals surface area contributed by atoms with Crippen LogP contribution in [0.25, 0.3) is 0 Å². The molecule has 8 heteroatoms. The zero-order valence-electron chi connectivity index (χ0n) is 12.1. The van der Waals surface area contributed by atoms with Crippen LogP contribution in [-0.2, 0) is 15.2 Å². The Morgan fingerprint density at radius 3 is 1.67 bits per heavy atom. The predicted molar refractivity (Wildman–Crippen MR) is 65.5 cm³/mol. The molecule has 3 N–H and O–H groups in total. The summed E-state index contributed by atoms with van der Waals surface area (Å²) in [7, 11) is -4.67. The monoisotopic (exact) mass is 294 g/mol. The van der Waals surface area contributed by atoms with Gasteiger partial charge in [0.05, 0.1) is 0 Å². The fourth-order valence-electron chi connectivity index (χ4n) is 1.23. The first-order chi connectivity index (χ1) is 7.77. The molecule has 0 heterocycles. The largest absolute Gasteiger partial charge is 1.00 e. The van der Waals surface area contributed by atoms with Gasteiger partial charge in [0, 0.05) is 6.42 Å². The zero-order valence-corrected chi connectivity index (χ0v) is 13.9. The second-order valence-electron chi connectivity index (χ2n) is 3.71. The van der Waals surface area contributed by atoms with E-state index in [0.29, 0.717) is 6.42 Å². The summed E-state index contributed by atoms with van der Waals surface area (Å²) in [6.45, 7) is 2.20. The zero-order chi connectivity index (χ0) is 13.7. The molecule has 0 radical (unpaired) electrons. The number of carbonyl (C=O) groups is 1. The normalized spacial score (nSPS) is 9.94. The molecule has 0 saturated heterocycles. The number of rotatable bonds is 8. The second-order valence-corrected chi connectivity index (χ2v) is 4.61. The van der Waals surface area contributed by atoms with Gasteiger partial charge in [-0.25, -0.2) is 0 Å². The Morgan fingerprint density at radius 1 is 1.00 bits per heavy atom. The van der Waals surface area contributed by atoms with Crippen molar-refractivity contribution in [3.8, 4) is 0 Å². The molecule has 0 bridgehead atoms. The van der Waals surface area contributed by atoms with Gasteiger partial charge in [-0.2, -0.15) is 8.42 Å². The molecule has 0 rings (SSSR count). The van der Waals surface area contributed by atoms with E-state index in [1.54, 1.807) is 0 Å². The molecule has 6 nitrogen and oxygen atoms in total. The fourth-order valence-corrected chi connectivity index (χ4v) is 1.23. The van der Waals surface area contributed by atoms with Crippen molar-refractivity contribution in [2.45, 2.75) is 58.3 Å². The first-order valence-corrected chi connectivity index (χ1v) is 7.08. The Labute approximate surface area is 133 Å². The summed E-state index contributed by atoms with van der Waals surface area (Å²) in [5.74, 6) is -0.663. The molecule has 18 heavy (non-hydrogen) atoms. The minimum atomic E-state index is -4.67. The summed E-state index contributed by atoms with van der Waals surface area (Å²) in [4.78, 5) is 10.1. The van der Waals surface area contributed by atoms with Crippen molar-refractivity contribution >= 4 is 16.4 Å². The number of hydrogen-bond donors (Lipinski definition) is 3. The van der Waals surface area contributed by atoms with E-state index in [9.17, 15) is 4.79 Å². The second kappa shape index (κ2) is 15.4. The quantitative estimate of drug-likeness (QED) is 0.321. The molecule has 0 unspecified atom stereocenters. The Morgan fingerprint density at radius 2 is 1.33 bits per heavy atom. The number of carboxylic acid groups (broad SMARTS) is 1. The van der Waals surface area contributed by atoms with Crippen molar-refractivity contribution in [3.63, 3.8) is 0 Å². The first kappa shape index (κ1) is 23.4. The molecule has 106 valence electrons. The molecule has 0 saturated carbocycles. The van der Waals surface area contributed by atoms with Crippen molar-refractivity contribution in [3.05, 3.63) is 0 Å². The number of hydrogen-bond acceptors (Lipinski definition) is 3. The molecule has 0 fully saturated rings. The van der Waals surface area contributed by atoms with Gasteiger partial charge in [0.1, 0.15) is 0 Å². The van der Waals surface area contributed by atoms with E-state index >= 15 is 0 Å². The third-order valence-corrected chi connectivity index (χ3v) is 1.99. The predicted octanol–water partition coefficient (Wildman–Crippen LogP) is -0.325. The average Bonchev–Trinajstić information content (AvgIpc) is 2.13. The minimum absolute atomic E-state index is 0. The van der Waals surface area contributed by atoms with Gasteiger partial charge in [-0.1, -0.05) is 45.4 Å². The van der Waals surface area contributed by atoms with E-state index in [2.05, 4.69) is 6.92 Å². The van der Waals surface area contributed by atoms with Crippen LogP contribution in [0.4, 0.5) is 0 Å².